The zero-order chi connectivity index (χ0) is 15.5. The van der Waals surface area contributed by atoms with Crippen molar-refractivity contribution in [1.29, 1.82) is 0 Å². The highest BCUT2D eigenvalue weighted by atomic mass is 15.2. The van der Waals surface area contributed by atoms with Gasteiger partial charge >= 0.3 is 0 Å². The summed E-state index contributed by atoms with van der Waals surface area (Å²) >= 11 is 0. The van der Waals surface area contributed by atoms with Gasteiger partial charge in [-0.05, 0) is 47.2 Å². The summed E-state index contributed by atoms with van der Waals surface area (Å²) in [5.41, 5.74) is 1.09. The summed E-state index contributed by atoms with van der Waals surface area (Å²) in [6, 6.07) is 0.539. The third kappa shape index (κ3) is 4.93. The van der Waals surface area contributed by atoms with Gasteiger partial charge in [0, 0.05) is 31.7 Å². The number of rotatable bonds is 4. The molecule has 0 aromatic carbocycles. The molecule has 1 atom stereocenters. The van der Waals surface area contributed by atoms with Crippen LogP contribution in [0.25, 0.3) is 0 Å². The van der Waals surface area contributed by atoms with Crippen LogP contribution in [0.2, 0.25) is 0 Å². The van der Waals surface area contributed by atoms with Crippen LogP contribution in [0.15, 0.2) is 12.4 Å². The van der Waals surface area contributed by atoms with Crippen molar-refractivity contribution in [2.45, 2.75) is 51.7 Å². The summed E-state index contributed by atoms with van der Waals surface area (Å²) in [7, 11) is 4.31. The zero-order valence-corrected chi connectivity index (χ0v) is 14.1. The summed E-state index contributed by atoms with van der Waals surface area (Å²) in [6.45, 7) is 9.53. The van der Waals surface area contributed by atoms with Crippen molar-refractivity contribution in [3.63, 3.8) is 0 Å². The molecule has 21 heavy (non-hydrogen) atoms. The average Bonchev–Trinajstić information content (AvgIpc) is 2.44. The Hall–Kier alpha value is -1.20. The molecule has 118 valence electrons. The summed E-state index contributed by atoms with van der Waals surface area (Å²) in [4.78, 5) is 13.8. The predicted molar refractivity (Wildman–Crippen MR) is 87.5 cm³/mol. The maximum absolute atomic E-state index is 4.58. The standard InChI is InChI=1S/C16H29N5/c1-16(2,3)19-10-13-9-18-15(11-17-13)21(5)14-7-6-8-20(4)12-14/h9,11,14,19H,6-8,10,12H2,1-5H3. The highest BCUT2D eigenvalue weighted by Crippen LogP contribution is 2.18. The van der Waals surface area contributed by atoms with Crippen LogP contribution in [0.4, 0.5) is 5.82 Å². The van der Waals surface area contributed by atoms with Gasteiger partial charge in [0.05, 0.1) is 18.1 Å². The molecule has 5 nitrogen and oxygen atoms in total. The maximum atomic E-state index is 4.58. The van der Waals surface area contributed by atoms with Crippen molar-refractivity contribution < 1.29 is 0 Å². The third-order valence-corrected chi connectivity index (χ3v) is 4.00. The predicted octanol–water partition coefficient (Wildman–Crippen LogP) is 1.90. The fourth-order valence-corrected chi connectivity index (χ4v) is 2.62. The second-order valence-electron chi connectivity index (χ2n) is 7.14. The Morgan fingerprint density at radius 2 is 2.10 bits per heavy atom. The van der Waals surface area contributed by atoms with Crippen LogP contribution < -0.4 is 10.2 Å². The molecule has 1 fully saturated rings. The Bertz CT molecular complexity index is 437. The van der Waals surface area contributed by atoms with Crippen molar-refractivity contribution in [2.24, 2.45) is 0 Å². The molecule has 1 saturated heterocycles. The van der Waals surface area contributed by atoms with Gasteiger partial charge < -0.3 is 15.1 Å². The Balaban J connectivity index is 1.94. The van der Waals surface area contributed by atoms with Crippen LogP contribution in [-0.2, 0) is 6.54 Å². The first kappa shape index (κ1) is 16.2. The average molecular weight is 291 g/mol. The van der Waals surface area contributed by atoms with Crippen LogP contribution in [-0.4, -0.2) is 53.6 Å². The SMILES string of the molecule is CN1CCCC(N(C)c2cnc(CNC(C)(C)C)cn2)C1. The molecule has 1 aliphatic rings. The number of likely N-dealkylation sites (tertiary alicyclic amines) is 1. The van der Waals surface area contributed by atoms with Gasteiger partial charge in [0.1, 0.15) is 5.82 Å². The summed E-state index contributed by atoms with van der Waals surface area (Å²) in [5.74, 6) is 0.967. The molecule has 0 amide bonds. The molecule has 0 saturated carbocycles. The van der Waals surface area contributed by atoms with Gasteiger partial charge in [0.25, 0.3) is 0 Å². The lowest BCUT2D eigenvalue weighted by Crippen LogP contribution is -2.45. The van der Waals surface area contributed by atoms with Gasteiger partial charge in [0.2, 0.25) is 0 Å². The second kappa shape index (κ2) is 6.71. The van der Waals surface area contributed by atoms with E-state index in [1.54, 1.807) is 0 Å². The molecule has 0 radical (unpaired) electrons. The van der Waals surface area contributed by atoms with Crippen molar-refractivity contribution in [1.82, 2.24) is 20.2 Å². The molecule has 2 heterocycles. The van der Waals surface area contributed by atoms with Gasteiger partial charge in [-0.15, -0.1) is 0 Å². The Morgan fingerprint density at radius 1 is 1.33 bits per heavy atom. The van der Waals surface area contributed by atoms with E-state index >= 15 is 0 Å². The molecule has 2 rings (SSSR count). The number of aromatic nitrogens is 2. The van der Waals surface area contributed by atoms with Crippen LogP contribution in [0.1, 0.15) is 39.3 Å². The number of hydrogen-bond donors (Lipinski definition) is 1. The van der Waals surface area contributed by atoms with Gasteiger partial charge in [-0.25, -0.2) is 4.98 Å². The minimum atomic E-state index is 0.101. The monoisotopic (exact) mass is 291 g/mol. The smallest absolute Gasteiger partial charge is 0.147 e. The fourth-order valence-electron chi connectivity index (χ4n) is 2.62. The summed E-state index contributed by atoms with van der Waals surface area (Å²) in [5, 5.41) is 3.43. The van der Waals surface area contributed by atoms with Gasteiger partial charge in [-0.3, -0.25) is 4.98 Å². The topological polar surface area (TPSA) is 44.3 Å². The highest BCUT2D eigenvalue weighted by molar-refractivity contribution is 5.36. The third-order valence-electron chi connectivity index (χ3n) is 4.00. The highest BCUT2D eigenvalue weighted by Gasteiger charge is 2.22. The lowest BCUT2D eigenvalue weighted by atomic mass is 10.1. The molecule has 1 aromatic heterocycles. The minimum absolute atomic E-state index is 0.101. The van der Waals surface area contributed by atoms with E-state index in [1.165, 1.54) is 19.4 Å². The van der Waals surface area contributed by atoms with Crippen molar-refractivity contribution >= 4 is 5.82 Å². The molecule has 1 aromatic rings. The lowest BCUT2D eigenvalue weighted by molar-refractivity contribution is 0.247. The number of piperidine rings is 1. The number of nitrogens with one attached hydrogen (secondary N) is 1. The van der Waals surface area contributed by atoms with E-state index in [0.717, 1.165) is 24.6 Å². The van der Waals surface area contributed by atoms with Crippen molar-refractivity contribution in [3.05, 3.63) is 18.1 Å². The Kier molecular flexibility index (Phi) is 5.17. The molecule has 1 unspecified atom stereocenters. The van der Waals surface area contributed by atoms with Crippen LogP contribution in [0, 0.1) is 0 Å². The van der Waals surface area contributed by atoms with E-state index in [-0.39, 0.29) is 5.54 Å². The normalized spacial score (nSPS) is 20.5. The van der Waals surface area contributed by atoms with E-state index in [2.05, 4.69) is 60.0 Å². The number of hydrogen-bond acceptors (Lipinski definition) is 5. The van der Waals surface area contributed by atoms with Gasteiger partial charge in [0.15, 0.2) is 0 Å². The first-order chi connectivity index (χ1) is 9.85. The summed E-state index contributed by atoms with van der Waals surface area (Å²) < 4.78 is 0. The van der Waals surface area contributed by atoms with Crippen molar-refractivity contribution in [2.75, 3.05) is 32.1 Å². The van der Waals surface area contributed by atoms with Crippen LogP contribution in [0.5, 0.6) is 0 Å². The lowest BCUT2D eigenvalue weighted by Gasteiger charge is -2.36. The van der Waals surface area contributed by atoms with Gasteiger partial charge in [-0.1, -0.05) is 0 Å². The van der Waals surface area contributed by atoms with Crippen LogP contribution in [0.3, 0.4) is 0 Å². The number of likely N-dealkylation sites (N-methyl/N-ethyl adjacent to an activating group) is 2. The molecular weight excluding hydrogens is 262 g/mol. The fraction of sp³-hybridized carbons (Fsp3) is 0.750. The second-order valence-corrected chi connectivity index (χ2v) is 7.14. The minimum Gasteiger partial charge on any atom is -0.354 e. The molecule has 0 aliphatic carbocycles. The quantitative estimate of drug-likeness (QED) is 0.918. The van der Waals surface area contributed by atoms with E-state index in [4.69, 9.17) is 0 Å². The largest absolute Gasteiger partial charge is 0.354 e. The number of anilines is 1. The first-order valence-corrected chi connectivity index (χ1v) is 7.82. The molecule has 1 N–H and O–H groups in total. The molecule has 0 bridgehead atoms. The van der Waals surface area contributed by atoms with E-state index in [0.29, 0.717) is 6.04 Å². The van der Waals surface area contributed by atoms with E-state index in [9.17, 15) is 0 Å². The van der Waals surface area contributed by atoms with E-state index < -0.39 is 0 Å². The number of nitrogens with zero attached hydrogens (tertiary/aromatic N) is 4. The molecular formula is C16H29N5. The first-order valence-electron chi connectivity index (χ1n) is 7.82. The Morgan fingerprint density at radius 3 is 2.67 bits per heavy atom. The molecule has 0 spiro atoms. The van der Waals surface area contributed by atoms with E-state index in [1.807, 2.05) is 12.4 Å². The zero-order valence-electron chi connectivity index (χ0n) is 14.1. The van der Waals surface area contributed by atoms with Gasteiger partial charge in [-0.2, -0.15) is 0 Å². The van der Waals surface area contributed by atoms with Crippen LogP contribution >= 0.6 is 0 Å². The maximum Gasteiger partial charge on any atom is 0.147 e. The Labute approximate surface area is 128 Å². The van der Waals surface area contributed by atoms with Crippen molar-refractivity contribution in [3.8, 4) is 0 Å². The molecule has 1 aliphatic heterocycles. The summed E-state index contributed by atoms with van der Waals surface area (Å²) in [6.07, 6.45) is 6.27. The molecule has 5 heteroatoms.